The van der Waals surface area contributed by atoms with E-state index in [9.17, 15) is 4.79 Å². The first kappa shape index (κ1) is 14.8. The molecule has 1 amide bonds. The third-order valence-corrected chi connectivity index (χ3v) is 4.51. The number of morpholine rings is 1. The molecule has 0 bridgehead atoms. The zero-order chi connectivity index (χ0) is 13.8. The van der Waals surface area contributed by atoms with Crippen LogP contribution in [0.15, 0.2) is 11.1 Å². The highest BCUT2D eigenvalue weighted by Gasteiger charge is 2.32. The highest BCUT2D eigenvalue weighted by Crippen LogP contribution is 2.31. The van der Waals surface area contributed by atoms with Crippen molar-refractivity contribution in [2.75, 3.05) is 32.8 Å². The van der Waals surface area contributed by atoms with Crippen molar-refractivity contribution in [3.63, 3.8) is 0 Å². The maximum absolute atomic E-state index is 12.3. The number of carbonyl (C=O) groups is 1. The van der Waals surface area contributed by atoms with Gasteiger partial charge < -0.3 is 9.64 Å². The Balaban J connectivity index is 1.98. The van der Waals surface area contributed by atoms with Crippen LogP contribution >= 0.6 is 24.0 Å². The van der Waals surface area contributed by atoms with E-state index in [1.165, 1.54) is 11.8 Å². The number of ether oxygens (including phenoxy) is 1. The standard InChI is InChI=1S/C13H20N2O2S2/c1-10(2)3-4-15-12(16)11(19-13(15)18)9-14-5-7-17-8-6-14/h9-10H,3-8H2,1-2H3. The van der Waals surface area contributed by atoms with Crippen molar-refractivity contribution in [2.45, 2.75) is 20.3 Å². The lowest BCUT2D eigenvalue weighted by atomic mass is 10.1. The van der Waals surface area contributed by atoms with Crippen molar-refractivity contribution in [1.29, 1.82) is 0 Å². The number of hydrogen-bond donors (Lipinski definition) is 0. The Morgan fingerprint density at radius 1 is 1.42 bits per heavy atom. The van der Waals surface area contributed by atoms with Gasteiger partial charge >= 0.3 is 0 Å². The summed E-state index contributed by atoms with van der Waals surface area (Å²) in [5.41, 5.74) is 0. The van der Waals surface area contributed by atoms with Gasteiger partial charge in [-0.25, -0.2) is 0 Å². The second-order valence-electron chi connectivity index (χ2n) is 5.15. The number of rotatable bonds is 4. The second-order valence-corrected chi connectivity index (χ2v) is 6.82. The quantitative estimate of drug-likeness (QED) is 0.586. The molecule has 2 fully saturated rings. The molecule has 6 heteroatoms. The number of hydrogen-bond acceptors (Lipinski definition) is 5. The van der Waals surface area contributed by atoms with Crippen LogP contribution in [0.3, 0.4) is 0 Å². The van der Waals surface area contributed by atoms with E-state index in [2.05, 4.69) is 18.7 Å². The van der Waals surface area contributed by atoms with E-state index < -0.39 is 0 Å². The van der Waals surface area contributed by atoms with Crippen LogP contribution in [-0.2, 0) is 9.53 Å². The Morgan fingerprint density at radius 3 is 2.74 bits per heavy atom. The Hall–Kier alpha value is -0.590. The first-order valence-corrected chi connectivity index (χ1v) is 7.87. The van der Waals surface area contributed by atoms with Gasteiger partial charge in [0.1, 0.15) is 4.32 Å². The Bertz CT molecular complexity index is 390. The van der Waals surface area contributed by atoms with Crippen molar-refractivity contribution < 1.29 is 9.53 Å². The average Bonchev–Trinajstić information content (AvgIpc) is 2.63. The third kappa shape index (κ3) is 3.94. The maximum Gasteiger partial charge on any atom is 0.267 e. The molecule has 0 aromatic carbocycles. The molecule has 4 nitrogen and oxygen atoms in total. The van der Waals surface area contributed by atoms with Gasteiger partial charge in [0.2, 0.25) is 0 Å². The summed E-state index contributed by atoms with van der Waals surface area (Å²) >= 11 is 6.71. The van der Waals surface area contributed by atoms with Crippen LogP contribution in [0.4, 0.5) is 0 Å². The van der Waals surface area contributed by atoms with Crippen LogP contribution in [-0.4, -0.2) is 52.9 Å². The molecule has 0 unspecified atom stereocenters. The minimum absolute atomic E-state index is 0.0575. The highest BCUT2D eigenvalue weighted by molar-refractivity contribution is 8.26. The smallest absolute Gasteiger partial charge is 0.267 e. The van der Waals surface area contributed by atoms with E-state index >= 15 is 0 Å². The van der Waals surface area contributed by atoms with Gasteiger partial charge in [0, 0.05) is 25.8 Å². The predicted molar refractivity (Wildman–Crippen MR) is 81.8 cm³/mol. The summed E-state index contributed by atoms with van der Waals surface area (Å²) in [6, 6.07) is 0. The zero-order valence-electron chi connectivity index (χ0n) is 11.4. The Labute approximate surface area is 124 Å². The molecule has 0 atom stereocenters. The fourth-order valence-corrected chi connectivity index (χ4v) is 3.26. The molecule has 106 valence electrons. The fraction of sp³-hybridized carbons (Fsp3) is 0.692. The number of carbonyl (C=O) groups excluding carboxylic acids is 1. The fourth-order valence-electron chi connectivity index (χ4n) is 1.94. The zero-order valence-corrected chi connectivity index (χ0v) is 13.1. The number of nitrogens with zero attached hydrogens (tertiary/aromatic N) is 2. The molecule has 0 aliphatic carbocycles. The Morgan fingerprint density at radius 2 is 2.11 bits per heavy atom. The Kier molecular flexibility index (Phi) is 5.24. The maximum atomic E-state index is 12.3. The molecular weight excluding hydrogens is 280 g/mol. The van der Waals surface area contributed by atoms with E-state index in [0.29, 0.717) is 10.2 Å². The predicted octanol–water partition coefficient (Wildman–Crippen LogP) is 2.07. The molecule has 2 heterocycles. The van der Waals surface area contributed by atoms with Crippen LogP contribution in [0, 0.1) is 5.92 Å². The largest absolute Gasteiger partial charge is 0.378 e. The number of thiocarbonyl (C=S) groups is 1. The minimum atomic E-state index is 0.0575. The van der Waals surface area contributed by atoms with Gasteiger partial charge in [-0.2, -0.15) is 0 Å². The van der Waals surface area contributed by atoms with E-state index in [1.807, 2.05) is 6.20 Å². The normalized spacial score (nSPS) is 23.0. The topological polar surface area (TPSA) is 32.8 Å². The van der Waals surface area contributed by atoms with Crippen molar-refractivity contribution in [2.24, 2.45) is 5.92 Å². The van der Waals surface area contributed by atoms with E-state index in [-0.39, 0.29) is 5.91 Å². The number of thioether (sulfide) groups is 1. The highest BCUT2D eigenvalue weighted by atomic mass is 32.2. The summed E-state index contributed by atoms with van der Waals surface area (Å²) in [5.74, 6) is 0.634. The van der Waals surface area contributed by atoms with Crippen molar-refractivity contribution >= 4 is 34.2 Å². The molecule has 0 aromatic heterocycles. The van der Waals surface area contributed by atoms with E-state index in [0.717, 1.165) is 44.2 Å². The molecule has 0 saturated carbocycles. The molecule has 0 radical (unpaired) electrons. The van der Waals surface area contributed by atoms with Gasteiger partial charge in [-0.3, -0.25) is 9.69 Å². The molecule has 2 saturated heterocycles. The van der Waals surface area contributed by atoms with Gasteiger partial charge in [0.05, 0.1) is 18.1 Å². The number of amides is 1. The summed E-state index contributed by atoms with van der Waals surface area (Å²) in [6.07, 6.45) is 2.93. The van der Waals surface area contributed by atoms with Gasteiger partial charge in [-0.05, 0) is 12.3 Å². The monoisotopic (exact) mass is 300 g/mol. The molecule has 0 N–H and O–H groups in total. The van der Waals surface area contributed by atoms with Crippen LogP contribution in [0.25, 0.3) is 0 Å². The van der Waals surface area contributed by atoms with Gasteiger partial charge in [0.25, 0.3) is 5.91 Å². The lowest BCUT2D eigenvalue weighted by Gasteiger charge is -2.25. The summed E-state index contributed by atoms with van der Waals surface area (Å²) in [6.45, 7) is 8.17. The first-order chi connectivity index (χ1) is 9.08. The first-order valence-electron chi connectivity index (χ1n) is 6.65. The van der Waals surface area contributed by atoms with Crippen molar-refractivity contribution in [3.05, 3.63) is 11.1 Å². The third-order valence-electron chi connectivity index (χ3n) is 3.15. The summed E-state index contributed by atoms with van der Waals surface area (Å²) in [4.78, 5) is 16.9. The SMILES string of the molecule is CC(C)CCN1C(=O)C(=CN2CCOCC2)SC1=S. The van der Waals surface area contributed by atoms with E-state index in [4.69, 9.17) is 17.0 Å². The molecule has 0 spiro atoms. The summed E-state index contributed by atoms with van der Waals surface area (Å²) in [7, 11) is 0. The summed E-state index contributed by atoms with van der Waals surface area (Å²) in [5, 5.41) is 0. The van der Waals surface area contributed by atoms with Crippen LogP contribution < -0.4 is 0 Å². The average molecular weight is 300 g/mol. The molecule has 19 heavy (non-hydrogen) atoms. The van der Waals surface area contributed by atoms with Gasteiger partial charge in [0.15, 0.2) is 0 Å². The van der Waals surface area contributed by atoms with Gasteiger partial charge in [-0.15, -0.1) is 0 Å². The van der Waals surface area contributed by atoms with Crippen molar-refractivity contribution in [3.8, 4) is 0 Å². The molecule has 2 aliphatic rings. The van der Waals surface area contributed by atoms with Crippen LogP contribution in [0.2, 0.25) is 0 Å². The second kappa shape index (κ2) is 6.72. The van der Waals surface area contributed by atoms with Crippen LogP contribution in [0.1, 0.15) is 20.3 Å². The molecule has 0 aromatic rings. The lowest BCUT2D eigenvalue weighted by Crippen LogP contribution is -2.33. The van der Waals surface area contributed by atoms with Gasteiger partial charge in [-0.1, -0.05) is 37.8 Å². The lowest BCUT2D eigenvalue weighted by molar-refractivity contribution is -0.122. The minimum Gasteiger partial charge on any atom is -0.378 e. The van der Waals surface area contributed by atoms with Crippen LogP contribution in [0.5, 0.6) is 0 Å². The van der Waals surface area contributed by atoms with E-state index in [1.54, 1.807) is 4.90 Å². The molecule has 2 aliphatic heterocycles. The van der Waals surface area contributed by atoms with Crippen molar-refractivity contribution in [1.82, 2.24) is 9.80 Å². The summed E-state index contributed by atoms with van der Waals surface area (Å²) < 4.78 is 5.98. The molecular formula is C13H20N2O2S2. The molecule has 2 rings (SSSR count).